The molecule has 0 radical (unpaired) electrons. The Bertz CT molecular complexity index is 1570. The molecule has 0 spiro atoms. The lowest BCUT2D eigenvalue weighted by Gasteiger charge is -2.27. The Morgan fingerprint density at radius 3 is 2.30 bits per heavy atom. The molecule has 1 aliphatic carbocycles. The third-order valence-corrected chi connectivity index (χ3v) is 6.48. The molecule has 0 atom stereocenters. The van der Waals surface area contributed by atoms with Gasteiger partial charge in [-0.3, -0.25) is 9.69 Å². The van der Waals surface area contributed by atoms with Crippen LogP contribution < -0.4 is 4.74 Å². The first-order chi connectivity index (χ1) is 19.9. The lowest BCUT2D eigenvalue weighted by atomic mass is 9.99. The van der Waals surface area contributed by atoms with Crippen molar-refractivity contribution in [1.82, 2.24) is 24.5 Å². The summed E-state index contributed by atoms with van der Waals surface area (Å²) in [6.07, 6.45) is -9.07. The van der Waals surface area contributed by atoms with E-state index in [1.54, 1.807) is 0 Å². The largest absolute Gasteiger partial charge is 0.459 e. The molecule has 0 bridgehead atoms. The molecule has 43 heavy (non-hydrogen) atoms. The van der Waals surface area contributed by atoms with Gasteiger partial charge in [-0.15, -0.1) is 0 Å². The smallest absolute Gasteiger partial charge is 0.428 e. The van der Waals surface area contributed by atoms with Gasteiger partial charge in [-0.2, -0.15) is 59.4 Å². The number of halogens is 10. The minimum absolute atomic E-state index is 0.115. The van der Waals surface area contributed by atoms with Crippen LogP contribution in [0, 0.1) is 11.3 Å². The minimum atomic E-state index is -6.24. The fourth-order valence-electron chi connectivity index (χ4n) is 4.23. The number of ether oxygens (including phenoxy) is 2. The second kappa shape index (κ2) is 10.7. The maximum atomic E-state index is 14.1. The molecule has 1 fully saturated rings. The molecule has 1 amide bonds. The van der Waals surface area contributed by atoms with Gasteiger partial charge in [0, 0.05) is 25.9 Å². The summed E-state index contributed by atoms with van der Waals surface area (Å²) in [5.41, 5.74) is -6.04. The zero-order chi connectivity index (χ0) is 32.1. The predicted octanol–water partition coefficient (Wildman–Crippen LogP) is 5.65. The highest BCUT2D eigenvalue weighted by Crippen LogP contribution is 2.48. The molecule has 3 aromatic rings. The number of rotatable bonds is 9. The number of nitriles is 1. The van der Waals surface area contributed by atoms with E-state index in [-0.39, 0.29) is 24.0 Å². The molecule has 2 aromatic heterocycles. The summed E-state index contributed by atoms with van der Waals surface area (Å²) in [7, 11) is 2.01. The Kier molecular flexibility index (Phi) is 7.89. The van der Waals surface area contributed by atoms with E-state index < -0.39 is 71.5 Å². The molecule has 0 unspecified atom stereocenters. The molecule has 1 aromatic carbocycles. The van der Waals surface area contributed by atoms with E-state index in [0.717, 1.165) is 36.5 Å². The van der Waals surface area contributed by atoms with Gasteiger partial charge < -0.3 is 9.47 Å². The highest BCUT2D eigenvalue weighted by atomic mass is 19.4. The predicted molar refractivity (Wildman–Crippen MR) is 123 cm³/mol. The lowest BCUT2D eigenvalue weighted by molar-refractivity contribution is -0.291. The SMILES string of the molecule is COCN(C(=O)c1cc(-c2cnn(-c3c(OC(F)F)c(C(F)(F)C(F)(F)F)nn3C)c2)ccc1C(F)(F)F)C1(C#N)CC1. The second-order valence-electron chi connectivity index (χ2n) is 9.30. The van der Waals surface area contributed by atoms with Gasteiger partial charge in [0.15, 0.2) is 17.3 Å². The zero-order valence-corrected chi connectivity index (χ0v) is 21.8. The van der Waals surface area contributed by atoms with E-state index in [4.69, 9.17) is 4.74 Å². The number of amides is 1. The molecule has 2 heterocycles. The number of benzene rings is 1. The van der Waals surface area contributed by atoms with E-state index in [1.807, 2.05) is 6.07 Å². The van der Waals surface area contributed by atoms with Gasteiger partial charge in [0.1, 0.15) is 12.3 Å². The number of methoxy groups -OCH3 is 1. The monoisotopic (exact) mass is 628 g/mol. The number of carbonyl (C=O) groups excluding carboxylic acids is 1. The number of hydrogen-bond donors (Lipinski definition) is 0. The molecule has 1 saturated carbocycles. The Hall–Kier alpha value is -4.34. The van der Waals surface area contributed by atoms with Gasteiger partial charge in [0.05, 0.1) is 23.4 Å². The molecule has 19 heteroatoms. The first kappa shape index (κ1) is 31.6. The zero-order valence-electron chi connectivity index (χ0n) is 21.8. The molecule has 0 N–H and O–H groups in total. The van der Waals surface area contributed by atoms with Gasteiger partial charge in [-0.05, 0) is 30.5 Å². The molecular weight excluding hydrogens is 610 g/mol. The number of nitrogens with zero attached hydrogens (tertiary/aromatic N) is 6. The molecule has 0 saturated heterocycles. The first-order valence-corrected chi connectivity index (χ1v) is 11.8. The lowest BCUT2D eigenvalue weighted by Crippen LogP contribution is -2.43. The van der Waals surface area contributed by atoms with E-state index in [9.17, 15) is 54.0 Å². The molecule has 1 aliphatic rings. The standard InChI is InChI=1S/C24H18F10N6O3/c1-38-18(16(43-20(25)26)17(37-38)22(27,28)24(32,33)34)40-9-13(8-36-40)12-3-4-15(23(29,30)31)14(7-12)19(41)39(11-42-2)21(10-35)5-6-21/h3-4,7-9,20H,5-6,11H2,1-2H3. The number of aryl methyl sites for hydroxylation is 1. The van der Waals surface area contributed by atoms with Crippen molar-refractivity contribution in [1.29, 1.82) is 5.26 Å². The summed E-state index contributed by atoms with van der Waals surface area (Å²) < 4.78 is 145. The number of carbonyl (C=O) groups is 1. The minimum Gasteiger partial charge on any atom is -0.428 e. The van der Waals surface area contributed by atoms with Crippen molar-refractivity contribution < 1.29 is 58.2 Å². The van der Waals surface area contributed by atoms with Crippen LogP contribution in [-0.2, 0) is 23.9 Å². The quantitative estimate of drug-likeness (QED) is 0.225. The molecule has 4 rings (SSSR count). The van der Waals surface area contributed by atoms with E-state index in [2.05, 4.69) is 14.9 Å². The van der Waals surface area contributed by atoms with Crippen LogP contribution in [0.3, 0.4) is 0 Å². The summed E-state index contributed by atoms with van der Waals surface area (Å²) in [6.45, 7) is -4.37. The van der Waals surface area contributed by atoms with Gasteiger partial charge in [-0.1, -0.05) is 6.07 Å². The average molecular weight is 628 g/mol. The van der Waals surface area contributed by atoms with Crippen molar-refractivity contribution in [3.8, 4) is 28.8 Å². The number of hydrogen-bond acceptors (Lipinski definition) is 6. The molecule has 9 nitrogen and oxygen atoms in total. The summed E-state index contributed by atoms with van der Waals surface area (Å²) in [5.74, 6) is -9.47. The van der Waals surface area contributed by atoms with Crippen molar-refractivity contribution in [3.63, 3.8) is 0 Å². The van der Waals surface area contributed by atoms with Crippen LogP contribution in [0.2, 0.25) is 0 Å². The Labute approximate surface area is 234 Å². The third kappa shape index (κ3) is 5.70. The Balaban J connectivity index is 1.83. The first-order valence-electron chi connectivity index (χ1n) is 11.8. The van der Waals surface area contributed by atoms with E-state index in [0.29, 0.717) is 15.4 Å². The maximum absolute atomic E-state index is 14.1. The number of alkyl halides is 10. The molecule has 232 valence electrons. The normalized spacial score (nSPS) is 15.0. The summed E-state index contributed by atoms with van der Waals surface area (Å²) in [4.78, 5) is 14.2. The molecule has 0 aliphatic heterocycles. The highest BCUT2D eigenvalue weighted by Gasteiger charge is 2.63. The van der Waals surface area contributed by atoms with Crippen molar-refractivity contribution in [2.75, 3.05) is 13.8 Å². The van der Waals surface area contributed by atoms with Crippen LogP contribution in [0.15, 0.2) is 30.6 Å². The van der Waals surface area contributed by atoms with Gasteiger partial charge in [0.2, 0.25) is 0 Å². The van der Waals surface area contributed by atoms with Crippen LogP contribution in [-0.4, -0.2) is 62.5 Å². The van der Waals surface area contributed by atoms with Crippen molar-refractivity contribution in [3.05, 3.63) is 47.4 Å². The summed E-state index contributed by atoms with van der Waals surface area (Å²) in [5, 5.41) is 16.3. The maximum Gasteiger partial charge on any atom is 0.459 e. The highest BCUT2D eigenvalue weighted by molar-refractivity contribution is 5.98. The fourth-order valence-corrected chi connectivity index (χ4v) is 4.23. The number of aromatic nitrogens is 4. The summed E-state index contributed by atoms with van der Waals surface area (Å²) in [6, 6.07) is 4.19. The summed E-state index contributed by atoms with van der Waals surface area (Å²) >= 11 is 0. The van der Waals surface area contributed by atoms with Crippen LogP contribution in [0.25, 0.3) is 16.9 Å². The fraction of sp³-hybridized carbons (Fsp3) is 0.417. The van der Waals surface area contributed by atoms with Crippen molar-refractivity contribution in [2.24, 2.45) is 7.05 Å². The van der Waals surface area contributed by atoms with Gasteiger partial charge in [0.25, 0.3) is 5.91 Å². The van der Waals surface area contributed by atoms with Crippen molar-refractivity contribution in [2.45, 2.75) is 43.3 Å². The van der Waals surface area contributed by atoms with Gasteiger partial charge >= 0.3 is 24.9 Å². The van der Waals surface area contributed by atoms with E-state index in [1.165, 1.54) is 7.11 Å². The van der Waals surface area contributed by atoms with Crippen LogP contribution in [0.4, 0.5) is 43.9 Å². The van der Waals surface area contributed by atoms with E-state index >= 15 is 0 Å². The van der Waals surface area contributed by atoms with Crippen LogP contribution in [0.5, 0.6) is 5.75 Å². The third-order valence-electron chi connectivity index (χ3n) is 6.48. The van der Waals surface area contributed by atoms with Crippen molar-refractivity contribution >= 4 is 5.91 Å². The molecular formula is C24H18F10N6O3. The van der Waals surface area contributed by atoms with Gasteiger partial charge in [-0.25, -0.2) is 9.36 Å². The van der Waals surface area contributed by atoms with Crippen LogP contribution >= 0.6 is 0 Å². The Morgan fingerprint density at radius 1 is 1.14 bits per heavy atom. The average Bonchev–Trinajstić information content (AvgIpc) is 3.43. The second-order valence-corrected chi connectivity index (χ2v) is 9.30. The van der Waals surface area contributed by atoms with Crippen LogP contribution in [0.1, 0.15) is 34.5 Å². The topological polar surface area (TPSA) is 98.2 Å². The Morgan fingerprint density at radius 2 is 1.79 bits per heavy atom.